The molecule has 0 unspecified atom stereocenters. The highest BCUT2D eigenvalue weighted by molar-refractivity contribution is 5.45. The van der Waals surface area contributed by atoms with E-state index >= 15 is 0 Å². The van der Waals surface area contributed by atoms with E-state index in [9.17, 15) is 0 Å². The van der Waals surface area contributed by atoms with Crippen molar-refractivity contribution in [3.8, 4) is 11.5 Å². The van der Waals surface area contributed by atoms with Gasteiger partial charge in [-0.3, -0.25) is 4.90 Å². The molecule has 0 aliphatic carbocycles. The maximum absolute atomic E-state index is 6.54. The lowest BCUT2D eigenvalue weighted by molar-refractivity contribution is -0.0923. The second-order valence-electron chi connectivity index (χ2n) is 7.47. The third-order valence-electron chi connectivity index (χ3n) is 5.36. The molecule has 2 aliphatic heterocycles. The van der Waals surface area contributed by atoms with Crippen molar-refractivity contribution in [3.05, 3.63) is 83.4 Å². The summed E-state index contributed by atoms with van der Waals surface area (Å²) in [6, 6.07) is 16.5. The first-order valence-corrected chi connectivity index (χ1v) is 9.84. The number of nitrogens with zero attached hydrogens (tertiary/aromatic N) is 3. The van der Waals surface area contributed by atoms with E-state index in [2.05, 4.69) is 45.2 Å². The molecule has 5 rings (SSSR count). The smallest absolute Gasteiger partial charge is 0.231 e. The van der Waals surface area contributed by atoms with Gasteiger partial charge in [-0.15, -0.1) is 0 Å². The molecular weight excluding hydrogens is 366 g/mol. The van der Waals surface area contributed by atoms with E-state index in [4.69, 9.17) is 14.2 Å². The van der Waals surface area contributed by atoms with Gasteiger partial charge in [0, 0.05) is 37.6 Å². The van der Waals surface area contributed by atoms with Gasteiger partial charge < -0.3 is 14.2 Å². The van der Waals surface area contributed by atoms with E-state index in [1.807, 2.05) is 37.5 Å². The van der Waals surface area contributed by atoms with Gasteiger partial charge in [0.05, 0.1) is 12.2 Å². The Balaban J connectivity index is 1.41. The van der Waals surface area contributed by atoms with Crippen LogP contribution in [-0.4, -0.2) is 34.8 Å². The van der Waals surface area contributed by atoms with Gasteiger partial charge in [0.1, 0.15) is 5.82 Å². The van der Waals surface area contributed by atoms with Crippen molar-refractivity contribution in [2.45, 2.75) is 25.7 Å². The molecule has 1 fully saturated rings. The van der Waals surface area contributed by atoms with Crippen LogP contribution in [0.5, 0.6) is 11.5 Å². The quantitative estimate of drug-likeness (QED) is 0.676. The van der Waals surface area contributed by atoms with E-state index in [0.717, 1.165) is 48.1 Å². The predicted molar refractivity (Wildman–Crippen MR) is 108 cm³/mol. The lowest BCUT2D eigenvalue weighted by Crippen LogP contribution is -2.39. The minimum absolute atomic E-state index is 0.00765. The molecule has 2 aliphatic rings. The molecule has 3 aromatic rings. The van der Waals surface area contributed by atoms with Crippen LogP contribution in [0.15, 0.2) is 60.9 Å². The summed E-state index contributed by atoms with van der Waals surface area (Å²) >= 11 is 0. The Labute approximate surface area is 170 Å². The molecule has 0 amide bonds. The van der Waals surface area contributed by atoms with Gasteiger partial charge in [-0.25, -0.2) is 9.97 Å². The third-order valence-corrected chi connectivity index (χ3v) is 5.36. The van der Waals surface area contributed by atoms with Crippen molar-refractivity contribution in [1.82, 2.24) is 14.9 Å². The third kappa shape index (κ3) is 3.95. The summed E-state index contributed by atoms with van der Waals surface area (Å²) in [7, 11) is 0. The lowest BCUT2D eigenvalue weighted by Gasteiger charge is -2.38. The van der Waals surface area contributed by atoms with Gasteiger partial charge >= 0.3 is 0 Å². The average molecular weight is 389 g/mol. The van der Waals surface area contributed by atoms with Crippen LogP contribution in [0.2, 0.25) is 0 Å². The topological polar surface area (TPSA) is 56.7 Å². The summed E-state index contributed by atoms with van der Waals surface area (Å²) in [5.74, 6) is 2.36. The van der Waals surface area contributed by atoms with E-state index < -0.39 is 0 Å². The number of aromatic nitrogens is 2. The summed E-state index contributed by atoms with van der Waals surface area (Å²) in [4.78, 5) is 11.1. The highest BCUT2D eigenvalue weighted by Crippen LogP contribution is 2.38. The van der Waals surface area contributed by atoms with Crippen LogP contribution in [0.4, 0.5) is 0 Å². The SMILES string of the molecule is Cc1ncc(CN2C[C@@H](c3ccccc3)O[C@@H](c3ccc4c(c3)OCO4)C2)cn1. The number of hydrogen-bond acceptors (Lipinski definition) is 6. The van der Waals surface area contributed by atoms with Gasteiger partial charge in [-0.2, -0.15) is 0 Å². The number of rotatable bonds is 4. The maximum atomic E-state index is 6.54. The fraction of sp³-hybridized carbons (Fsp3) is 0.304. The van der Waals surface area contributed by atoms with Crippen molar-refractivity contribution < 1.29 is 14.2 Å². The van der Waals surface area contributed by atoms with Crippen LogP contribution < -0.4 is 9.47 Å². The largest absolute Gasteiger partial charge is 0.454 e. The highest BCUT2D eigenvalue weighted by Gasteiger charge is 2.31. The Morgan fingerprint density at radius 1 is 0.897 bits per heavy atom. The van der Waals surface area contributed by atoms with Gasteiger partial charge in [0.2, 0.25) is 6.79 Å². The molecule has 1 aromatic heterocycles. The van der Waals surface area contributed by atoms with Crippen LogP contribution in [-0.2, 0) is 11.3 Å². The van der Waals surface area contributed by atoms with E-state index in [1.165, 1.54) is 5.56 Å². The van der Waals surface area contributed by atoms with Crippen LogP contribution in [0, 0.1) is 6.92 Å². The zero-order chi connectivity index (χ0) is 19.6. The fourth-order valence-corrected chi connectivity index (χ4v) is 3.87. The molecule has 0 saturated carbocycles. The van der Waals surface area contributed by atoms with Crippen LogP contribution in [0.25, 0.3) is 0 Å². The Bertz CT molecular complexity index is 978. The van der Waals surface area contributed by atoms with Crippen LogP contribution in [0.1, 0.15) is 34.7 Å². The molecule has 0 spiro atoms. The molecule has 2 atom stereocenters. The number of aryl methyl sites for hydroxylation is 1. The molecule has 0 radical (unpaired) electrons. The lowest BCUT2D eigenvalue weighted by atomic mass is 10.0. The summed E-state index contributed by atoms with van der Waals surface area (Å²) in [6.45, 7) is 4.57. The van der Waals surface area contributed by atoms with Gasteiger partial charge in [0.15, 0.2) is 11.5 Å². The molecule has 0 N–H and O–H groups in total. The minimum atomic E-state index is -0.0603. The van der Waals surface area contributed by atoms with Crippen LogP contribution in [0.3, 0.4) is 0 Å². The van der Waals surface area contributed by atoms with Crippen molar-refractivity contribution in [1.29, 1.82) is 0 Å². The molecule has 148 valence electrons. The van der Waals surface area contributed by atoms with Crippen LogP contribution >= 0.6 is 0 Å². The average Bonchev–Trinajstić information content (AvgIpc) is 3.24. The first-order valence-electron chi connectivity index (χ1n) is 9.84. The molecule has 6 heteroatoms. The molecule has 29 heavy (non-hydrogen) atoms. The Morgan fingerprint density at radius 2 is 1.62 bits per heavy atom. The maximum Gasteiger partial charge on any atom is 0.231 e. The second-order valence-corrected chi connectivity index (χ2v) is 7.47. The van der Waals surface area contributed by atoms with E-state index in [-0.39, 0.29) is 19.0 Å². The molecule has 1 saturated heterocycles. The fourth-order valence-electron chi connectivity index (χ4n) is 3.87. The molecular formula is C23H23N3O3. The number of morpholine rings is 1. The van der Waals surface area contributed by atoms with Crippen molar-refractivity contribution >= 4 is 0 Å². The summed E-state index contributed by atoms with van der Waals surface area (Å²) in [5.41, 5.74) is 3.39. The summed E-state index contributed by atoms with van der Waals surface area (Å²) in [5, 5.41) is 0. The Kier molecular flexibility index (Phi) is 4.87. The first kappa shape index (κ1) is 18.1. The molecule has 0 bridgehead atoms. The summed E-state index contributed by atoms with van der Waals surface area (Å²) in [6.07, 6.45) is 3.75. The minimum Gasteiger partial charge on any atom is -0.454 e. The second kappa shape index (κ2) is 7.81. The van der Waals surface area contributed by atoms with E-state index in [1.54, 1.807) is 0 Å². The first-order chi connectivity index (χ1) is 14.2. The highest BCUT2D eigenvalue weighted by atomic mass is 16.7. The molecule has 6 nitrogen and oxygen atoms in total. The predicted octanol–water partition coefficient (Wildman–Crippen LogP) is 3.83. The summed E-state index contributed by atoms with van der Waals surface area (Å²) < 4.78 is 17.6. The number of fused-ring (bicyclic) bond motifs is 1. The van der Waals surface area contributed by atoms with Gasteiger partial charge in [-0.05, 0) is 30.2 Å². The zero-order valence-electron chi connectivity index (χ0n) is 16.3. The van der Waals surface area contributed by atoms with Gasteiger partial charge in [0.25, 0.3) is 0 Å². The van der Waals surface area contributed by atoms with Crippen molar-refractivity contribution in [3.63, 3.8) is 0 Å². The number of hydrogen-bond donors (Lipinski definition) is 0. The number of benzene rings is 2. The molecule has 2 aromatic carbocycles. The van der Waals surface area contributed by atoms with Crippen molar-refractivity contribution in [2.24, 2.45) is 0 Å². The van der Waals surface area contributed by atoms with Crippen molar-refractivity contribution in [2.75, 3.05) is 19.9 Å². The normalized spacial score (nSPS) is 21.3. The zero-order valence-corrected chi connectivity index (χ0v) is 16.3. The Morgan fingerprint density at radius 3 is 2.41 bits per heavy atom. The van der Waals surface area contributed by atoms with Gasteiger partial charge in [-0.1, -0.05) is 36.4 Å². The monoisotopic (exact) mass is 389 g/mol. The van der Waals surface area contributed by atoms with E-state index in [0.29, 0.717) is 0 Å². The molecule has 3 heterocycles. The standard InChI is InChI=1S/C23H23N3O3/c1-16-24-10-17(11-25-16)12-26-13-22(18-5-3-2-4-6-18)29-23(14-26)19-7-8-20-21(9-19)28-15-27-20/h2-11,22-23H,12-15H2,1H3/t22-,23+/m0/s1. The Hall–Kier alpha value is -2.96. The number of ether oxygens (including phenoxy) is 3.